The van der Waals surface area contributed by atoms with Crippen LogP contribution >= 0.6 is 11.6 Å². The second-order valence-corrected chi connectivity index (χ2v) is 7.24. The zero-order chi connectivity index (χ0) is 15.4. The minimum absolute atomic E-state index is 0.0349. The topological polar surface area (TPSA) is 30.9 Å². The molecular formula is C17H20ClFN2. The van der Waals surface area contributed by atoms with Crippen LogP contribution in [0.4, 0.5) is 4.39 Å². The SMILES string of the molecule is Cc1cc2c(n1-c1cc(F)cc(Cl)c1)CC(C)(C)CC2N. The highest BCUT2D eigenvalue weighted by Gasteiger charge is 2.33. The lowest BCUT2D eigenvalue weighted by atomic mass is 9.74. The van der Waals surface area contributed by atoms with E-state index in [2.05, 4.69) is 24.5 Å². The van der Waals surface area contributed by atoms with Gasteiger partial charge in [0.15, 0.2) is 0 Å². The third-order valence-corrected chi connectivity index (χ3v) is 4.46. The first-order chi connectivity index (χ1) is 9.77. The predicted molar refractivity (Wildman–Crippen MR) is 84.5 cm³/mol. The van der Waals surface area contributed by atoms with Crippen molar-refractivity contribution in [2.45, 2.75) is 39.7 Å². The van der Waals surface area contributed by atoms with Crippen LogP contribution in [0.25, 0.3) is 5.69 Å². The number of fused-ring (bicyclic) bond motifs is 1. The number of rotatable bonds is 1. The lowest BCUT2D eigenvalue weighted by Gasteiger charge is -2.34. The Labute approximate surface area is 129 Å². The van der Waals surface area contributed by atoms with Crippen molar-refractivity contribution in [3.63, 3.8) is 0 Å². The van der Waals surface area contributed by atoms with Crippen LogP contribution in [-0.2, 0) is 6.42 Å². The summed E-state index contributed by atoms with van der Waals surface area (Å²) in [7, 11) is 0. The van der Waals surface area contributed by atoms with Gasteiger partial charge in [0.25, 0.3) is 0 Å². The maximum atomic E-state index is 13.7. The maximum absolute atomic E-state index is 13.7. The fourth-order valence-corrected chi connectivity index (χ4v) is 3.69. The molecule has 1 aliphatic carbocycles. The minimum Gasteiger partial charge on any atom is -0.324 e. The third-order valence-electron chi connectivity index (χ3n) is 4.24. The number of nitrogens with two attached hydrogens (primary N) is 1. The van der Waals surface area contributed by atoms with E-state index in [0.29, 0.717) is 5.02 Å². The molecule has 3 rings (SSSR count). The fraction of sp³-hybridized carbons (Fsp3) is 0.412. The predicted octanol–water partition coefficient (Wildman–Crippen LogP) is 4.55. The molecule has 0 saturated heterocycles. The Kier molecular flexibility index (Phi) is 3.38. The molecule has 21 heavy (non-hydrogen) atoms. The average Bonchev–Trinajstić information content (AvgIpc) is 2.63. The van der Waals surface area contributed by atoms with E-state index in [0.717, 1.165) is 24.2 Å². The van der Waals surface area contributed by atoms with Gasteiger partial charge < -0.3 is 10.3 Å². The highest BCUT2D eigenvalue weighted by molar-refractivity contribution is 6.30. The Morgan fingerprint density at radius 2 is 2.00 bits per heavy atom. The first-order valence-corrected chi connectivity index (χ1v) is 7.58. The molecule has 1 atom stereocenters. The maximum Gasteiger partial charge on any atom is 0.126 e. The smallest absolute Gasteiger partial charge is 0.126 e. The summed E-state index contributed by atoms with van der Waals surface area (Å²) in [6.07, 6.45) is 1.89. The van der Waals surface area contributed by atoms with Gasteiger partial charge in [0, 0.05) is 28.1 Å². The number of benzene rings is 1. The molecule has 0 bridgehead atoms. The molecule has 1 heterocycles. The van der Waals surface area contributed by atoms with Crippen molar-refractivity contribution in [3.05, 3.63) is 52.1 Å². The van der Waals surface area contributed by atoms with Crippen molar-refractivity contribution >= 4 is 11.6 Å². The molecule has 2 nitrogen and oxygen atoms in total. The Hall–Kier alpha value is -1.32. The van der Waals surface area contributed by atoms with E-state index in [1.54, 1.807) is 6.07 Å². The molecule has 112 valence electrons. The molecular weight excluding hydrogens is 287 g/mol. The number of aromatic nitrogens is 1. The van der Waals surface area contributed by atoms with Crippen LogP contribution < -0.4 is 5.73 Å². The molecule has 0 radical (unpaired) electrons. The molecule has 0 fully saturated rings. The van der Waals surface area contributed by atoms with Gasteiger partial charge in [-0.1, -0.05) is 25.4 Å². The van der Waals surface area contributed by atoms with Gasteiger partial charge in [0.05, 0.1) is 0 Å². The lowest BCUT2D eigenvalue weighted by molar-refractivity contribution is 0.278. The molecule has 0 amide bonds. The van der Waals surface area contributed by atoms with Crippen molar-refractivity contribution < 1.29 is 4.39 Å². The summed E-state index contributed by atoms with van der Waals surface area (Å²) in [5.74, 6) is -0.321. The quantitative estimate of drug-likeness (QED) is 0.823. The van der Waals surface area contributed by atoms with Gasteiger partial charge in [-0.2, -0.15) is 0 Å². The molecule has 1 aromatic heterocycles. The highest BCUT2D eigenvalue weighted by Crippen LogP contribution is 2.42. The third kappa shape index (κ3) is 2.60. The molecule has 2 N–H and O–H groups in total. The molecule has 1 aromatic carbocycles. The fourth-order valence-electron chi connectivity index (χ4n) is 3.48. The van der Waals surface area contributed by atoms with Crippen LogP contribution in [0.1, 0.15) is 43.3 Å². The van der Waals surface area contributed by atoms with Crippen molar-refractivity contribution in [3.8, 4) is 5.69 Å². The summed E-state index contributed by atoms with van der Waals surface area (Å²) in [5, 5.41) is 0.409. The van der Waals surface area contributed by atoms with E-state index in [-0.39, 0.29) is 17.3 Å². The van der Waals surface area contributed by atoms with Gasteiger partial charge in [0.1, 0.15) is 5.82 Å². The molecule has 2 aromatic rings. The van der Waals surface area contributed by atoms with Crippen molar-refractivity contribution in [1.82, 2.24) is 4.57 Å². The number of hydrogen-bond acceptors (Lipinski definition) is 1. The standard InChI is InChI=1S/C17H20ClFN2/c1-10-4-14-15(20)8-17(2,3)9-16(14)21(10)13-6-11(18)5-12(19)7-13/h4-7,15H,8-9,20H2,1-3H3. The molecule has 4 heteroatoms. The molecule has 0 spiro atoms. The number of halogens is 2. The van der Waals surface area contributed by atoms with Crippen molar-refractivity contribution in [1.29, 1.82) is 0 Å². The summed E-state index contributed by atoms with van der Waals surface area (Å²) in [6.45, 7) is 6.47. The van der Waals surface area contributed by atoms with E-state index < -0.39 is 0 Å². The second kappa shape index (κ2) is 4.85. The van der Waals surface area contributed by atoms with Crippen LogP contribution in [-0.4, -0.2) is 4.57 Å². The monoisotopic (exact) mass is 306 g/mol. The summed E-state index contributed by atoms with van der Waals surface area (Å²) >= 11 is 6.01. The Balaban J connectivity index is 2.21. The first kappa shape index (κ1) is 14.6. The molecule has 0 aliphatic heterocycles. The van der Waals surface area contributed by atoms with Crippen LogP contribution in [0.3, 0.4) is 0 Å². The summed E-state index contributed by atoms with van der Waals surface area (Å²) in [4.78, 5) is 0. The van der Waals surface area contributed by atoms with Gasteiger partial charge in [-0.05, 0) is 55.0 Å². The number of nitrogens with zero attached hydrogens (tertiary/aromatic N) is 1. The lowest BCUT2D eigenvalue weighted by Crippen LogP contribution is -2.30. The second-order valence-electron chi connectivity index (χ2n) is 6.80. The Bertz CT molecular complexity index is 683. The molecule has 1 aliphatic rings. The van der Waals surface area contributed by atoms with E-state index in [4.69, 9.17) is 17.3 Å². The van der Waals surface area contributed by atoms with E-state index >= 15 is 0 Å². The first-order valence-electron chi connectivity index (χ1n) is 7.20. The Morgan fingerprint density at radius 3 is 2.67 bits per heavy atom. The molecule has 1 unspecified atom stereocenters. The van der Waals surface area contributed by atoms with Gasteiger partial charge in [-0.15, -0.1) is 0 Å². The van der Waals surface area contributed by atoms with Crippen molar-refractivity contribution in [2.75, 3.05) is 0 Å². The van der Waals surface area contributed by atoms with Crippen LogP contribution in [0.2, 0.25) is 5.02 Å². The average molecular weight is 307 g/mol. The van der Waals surface area contributed by atoms with Gasteiger partial charge in [0.2, 0.25) is 0 Å². The van der Waals surface area contributed by atoms with Gasteiger partial charge in [-0.25, -0.2) is 4.39 Å². The van der Waals surface area contributed by atoms with E-state index in [9.17, 15) is 4.39 Å². The number of aryl methyl sites for hydroxylation is 1. The van der Waals surface area contributed by atoms with Crippen LogP contribution in [0.15, 0.2) is 24.3 Å². The Morgan fingerprint density at radius 1 is 1.29 bits per heavy atom. The highest BCUT2D eigenvalue weighted by atomic mass is 35.5. The summed E-state index contributed by atoms with van der Waals surface area (Å²) in [5.41, 5.74) is 10.7. The zero-order valence-corrected chi connectivity index (χ0v) is 13.3. The minimum atomic E-state index is -0.321. The van der Waals surface area contributed by atoms with Gasteiger partial charge >= 0.3 is 0 Å². The number of hydrogen-bond donors (Lipinski definition) is 1. The molecule has 0 saturated carbocycles. The van der Waals surface area contributed by atoms with Crippen LogP contribution in [0.5, 0.6) is 0 Å². The summed E-state index contributed by atoms with van der Waals surface area (Å²) < 4.78 is 15.8. The zero-order valence-electron chi connectivity index (χ0n) is 12.6. The largest absolute Gasteiger partial charge is 0.324 e. The van der Waals surface area contributed by atoms with Gasteiger partial charge in [-0.3, -0.25) is 0 Å². The van der Waals surface area contributed by atoms with Crippen molar-refractivity contribution in [2.24, 2.45) is 11.1 Å². The normalized spacial score (nSPS) is 20.4. The van der Waals surface area contributed by atoms with Crippen LogP contribution in [0, 0.1) is 18.2 Å². The summed E-state index contributed by atoms with van der Waals surface area (Å²) in [6, 6.07) is 6.80. The van der Waals surface area contributed by atoms with E-state index in [1.807, 2.05) is 6.92 Å². The van der Waals surface area contributed by atoms with E-state index in [1.165, 1.54) is 23.4 Å².